The van der Waals surface area contributed by atoms with Gasteiger partial charge in [0.05, 0.1) is 58.8 Å². The van der Waals surface area contributed by atoms with Gasteiger partial charge in [0.1, 0.15) is 36.6 Å². The molecule has 13 rings (SSSR count). The zero-order valence-corrected chi connectivity index (χ0v) is 64.8. The number of allylic oxidation sites excluding steroid dienone is 4. The summed E-state index contributed by atoms with van der Waals surface area (Å²) >= 11 is 0. The van der Waals surface area contributed by atoms with Crippen molar-refractivity contribution < 1.29 is 120 Å². The van der Waals surface area contributed by atoms with Crippen LogP contribution in [0.15, 0.2) is 190 Å². The molecule has 0 saturated carbocycles. The molecule has 2 fully saturated rings. The number of benzene rings is 8. The van der Waals surface area contributed by atoms with E-state index < -0.39 is 80.3 Å². The maximum atomic E-state index is 11.1. The monoisotopic (exact) mass is 1640 g/mol. The number of Topliss-reactive ketones (excluding diaryl/α,β-unsaturated/α-hetero) is 1. The Balaban J connectivity index is 0.000000356. The molecule has 2 heterocycles. The molecule has 22 nitrogen and oxygen atoms in total. The first kappa shape index (κ1) is 92.0. The van der Waals surface area contributed by atoms with Gasteiger partial charge in [-0.05, 0) is 135 Å². The van der Waals surface area contributed by atoms with Crippen molar-refractivity contribution in [3.63, 3.8) is 0 Å². The number of nitriles is 1. The number of carboxylic acid groups (broad SMARTS) is 1. The topological polar surface area (TPSA) is 363 Å². The van der Waals surface area contributed by atoms with E-state index in [1.807, 2.05) is 0 Å². The Morgan fingerprint density at radius 1 is 0.495 bits per heavy atom. The van der Waals surface area contributed by atoms with Crippen LogP contribution >= 0.6 is 0 Å². The maximum Gasteiger partial charge on any atom is 2.00 e. The molecule has 0 bridgehead atoms. The fourth-order valence-corrected chi connectivity index (χ4v) is 11.7. The molecule has 5 aliphatic rings. The van der Waals surface area contributed by atoms with Crippen molar-refractivity contribution in [3.05, 3.63) is 256 Å². The second kappa shape index (κ2) is 44.2. The Labute approximate surface area is 652 Å². The molecule has 2 saturated heterocycles. The summed E-state index contributed by atoms with van der Waals surface area (Å²) in [5, 5.41) is 90.6. The molecule has 3 aliphatic carbocycles. The van der Waals surface area contributed by atoms with Gasteiger partial charge in [0, 0.05) is 74.6 Å². The number of hydrogen-bond acceptors (Lipinski definition) is 20. The Hall–Kier alpha value is -9.17. The van der Waals surface area contributed by atoms with Crippen molar-refractivity contribution in [2.45, 2.75) is 125 Å². The summed E-state index contributed by atoms with van der Waals surface area (Å²) < 4.78 is 19.2. The average molecular weight is 1640 g/mol. The summed E-state index contributed by atoms with van der Waals surface area (Å²) in [6, 6.07) is 52.6. The standard InChI is InChI=1S/2C28H24N2.C7H14O6.C7H12O6.C6H4O2.C2H4N.C2H2N.C2H4O2.CH3.2Pd/c2*1-17-9-5-10-18(2)25(17)29-27-22-15-7-13-21-14-8-16-23(24(21)22)28(27)30-26-19(3)11-6-12-20(26)4;2*1-12-7-6(11)5(10)4(9)3(2-8)13-7;7-5-1-2-6(8)4-3-5;2*1-2-3;1-2(3)4;;;/h2*5-16H,1-4H3;3-11H,2H2,1H3;3-4,6-9,11H,2H2,1H3;1-4H;2H,1H3;1H2;1H3,(H,3,4);1H3;;/q;;;;;2*-1;;-1;;+2/t;;3?,4-,5+,6?,7+;3?,4-,6?,7+;;;;;;;/m..11......./s1. The van der Waals surface area contributed by atoms with Crippen LogP contribution < -0.4 is 0 Å². The number of aliphatic hydroxyl groups excluding tert-OH is 7. The van der Waals surface area contributed by atoms with E-state index >= 15 is 0 Å². The summed E-state index contributed by atoms with van der Waals surface area (Å²) in [5.74, 6) is -1.87. The number of para-hydroxylation sites is 4. The first-order valence-corrected chi connectivity index (χ1v) is 33.1. The molecule has 0 radical (unpaired) electrons. The van der Waals surface area contributed by atoms with Crippen LogP contribution in [-0.2, 0) is 79.0 Å². The number of nitrogens with zero attached hydrogens (tertiary/aromatic N) is 6. The number of carbonyl (C=O) groups excluding carboxylic acids is 3. The van der Waals surface area contributed by atoms with E-state index in [0.29, 0.717) is 0 Å². The van der Waals surface area contributed by atoms with Gasteiger partial charge in [0.15, 0.2) is 36.0 Å². The SMILES string of the molecule is CC(=O)O.CC=[N-].CO[C@H]1OC(CO)[C@@H](O)C(=O)C1O.CO[C@H]1OC(CO)[C@@H](O)[C@H](O)C1O.Cc1cccc(C)c1N=C1C(=Nc2c(C)cccc2C)c2cccc3cccc1c23.Cc1cccc(C)c1N=C1C(=Nc2c(C)cccc2C)c2cccc3cccc1c23.O=C1C=CC(=O)C=C1.[CH2-]C#N.[CH3-].[Pd+2].[Pd]. The number of aliphatic imine (C=N–C) groups is 4. The predicted molar refractivity (Wildman–Crippen MR) is 411 cm³/mol. The third kappa shape index (κ3) is 23.4. The number of aryl methyl sites for hydroxylation is 8. The molecule has 2 aliphatic heterocycles. The van der Waals surface area contributed by atoms with Gasteiger partial charge in [0.2, 0.25) is 0 Å². The van der Waals surface area contributed by atoms with Crippen LogP contribution in [0.5, 0.6) is 0 Å². The minimum Gasteiger partial charge on any atom is -0.814 e. The molecule has 8 aromatic carbocycles. The molecular weight excluding hydrogens is 1550 g/mol. The van der Waals surface area contributed by atoms with E-state index in [1.165, 1.54) is 111 Å². The molecule has 8 N–H and O–H groups in total. The fraction of sp³-hybridized carbons (Fsp3) is 0.277. The predicted octanol–water partition coefficient (Wildman–Crippen LogP) is 11.5. The minimum atomic E-state index is -1.50. The summed E-state index contributed by atoms with van der Waals surface area (Å²) in [4.78, 5) is 61.5. The molecule has 0 aromatic heterocycles. The number of aliphatic carboxylic acids is 1. The van der Waals surface area contributed by atoms with Gasteiger partial charge >= 0.3 is 20.4 Å². The van der Waals surface area contributed by atoms with Gasteiger partial charge in [-0.15, -0.1) is 6.07 Å². The Morgan fingerprint density at radius 3 is 0.981 bits per heavy atom. The number of carboxylic acids is 1. The van der Waals surface area contributed by atoms with Crippen molar-refractivity contribution in [2.24, 2.45) is 20.0 Å². The molecule has 0 spiro atoms. The Kier molecular flexibility index (Phi) is 38.0. The number of aliphatic hydroxyl groups is 7. The van der Waals surface area contributed by atoms with Crippen molar-refractivity contribution in [1.29, 1.82) is 5.26 Å². The molecule has 8 aromatic rings. The Bertz CT molecular complexity index is 4080. The van der Waals surface area contributed by atoms with E-state index in [2.05, 4.69) is 213 Å². The maximum absolute atomic E-state index is 11.1. The van der Waals surface area contributed by atoms with Crippen LogP contribution in [0, 0.1) is 81.1 Å². The number of methoxy groups -OCH3 is 2. The number of hydrogen-bond donors (Lipinski definition) is 8. The van der Waals surface area contributed by atoms with Gasteiger partial charge in [-0.25, -0.2) is 31.4 Å². The van der Waals surface area contributed by atoms with Crippen LogP contribution in [0.1, 0.15) is 80.6 Å². The van der Waals surface area contributed by atoms with Crippen LogP contribution in [-0.4, -0.2) is 176 Å². The summed E-state index contributed by atoms with van der Waals surface area (Å²) in [5.41, 5.74) is 22.0. The molecule has 9 atom stereocenters. The van der Waals surface area contributed by atoms with E-state index in [0.717, 1.165) is 81.0 Å². The van der Waals surface area contributed by atoms with Crippen LogP contribution in [0.2, 0.25) is 0 Å². The molecular formula is C83H91N6O16Pd2-. The third-order valence-electron chi connectivity index (χ3n) is 16.7. The summed E-state index contributed by atoms with van der Waals surface area (Å²) in [7, 11) is 2.56. The van der Waals surface area contributed by atoms with E-state index in [4.69, 9.17) is 65.0 Å². The number of rotatable bonds is 8. The summed E-state index contributed by atoms with van der Waals surface area (Å²) in [6.45, 7) is 21.5. The van der Waals surface area contributed by atoms with Crippen LogP contribution in [0.4, 0.5) is 22.7 Å². The smallest absolute Gasteiger partial charge is 0.814 e. The number of ketones is 3. The van der Waals surface area contributed by atoms with Crippen molar-refractivity contribution >= 4 is 96.7 Å². The third-order valence-corrected chi connectivity index (χ3v) is 16.7. The largest absolute Gasteiger partial charge is 2.00 e. The van der Waals surface area contributed by atoms with Crippen molar-refractivity contribution in [3.8, 4) is 6.07 Å². The van der Waals surface area contributed by atoms with Crippen LogP contribution in [0.25, 0.3) is 27.0 Å². The van der Waals surface area contributed by atoms with Gasteiger partial charge < -0.3 is 79.6 Å². The van der Waals surface area contributed by atoms with E-state index in [-0.39, 0.29) is 59.8 Å². The zero-order chi connectivity index (χ0) is 76.6. The van der Waals surface area contributed by atoms with Gasteiger partial charge in [-0.3, -0.25) is 19.2 Å². The van der Waals surface area contributed by atoms with E-state index in [9.17, 15) is 39.9 Å². The first-order chi connectivity index (χ1) is 49.7. The molecule has 0 amide bonds. The minimum absolute atomic E-state index is 0. The van der Waals surface area contributed by atoms with Gasteiger partial charge in [0.25, 0.3) is 5.97 Å². The Morgan fingerprint density at radius 2 is 0.738 bits per heavy atom. The normalized spacial score (nSPS) is 21.0. The first-order valence-electron chi connectivity index (χ1n) is 33.1. The molecule has 24 heteroatoms. The van der Waals surface area contributed by atoms with Gasteiger partial charge in [-0.1, -0.05) is 153 Å². The molecule has 107 heavy (non-hydrogen) atoms. The zero-order valence-electron chi connectivity index (χ0n) is 61.7. The summed E-state index contributed by atoms with van der Waals surface area (Å²) in [6.07, 6.45) is -5.04. The number of carbonyl (C=O) groups is 4. The molecule has 570 valence electrons. The van der Waals surface area contributed by atoms with Crippen molar-refractivity contribution in [1.82, 2.24) is 0 Å². The quantitative estimate of drug-likeness (QED) is 0.0303. The molecule has 4 unspecified atom stereocenters. The second-order valence-electron chi connectivity index (χ2n) is 24.3. The number of ether oxygens (including phenoxy) is 4. The van der Waals surface area contributed by atoms with Crippen LogP contribution in [0.3, 0.4) is 0 Å². The average Bonchev–Trinajstić information content (AvgIpc) is 1.59. The van der Waals surface area contributed by atoms with E-state index in [1.54, 1.807) is 6.92 Å². The second-order valence-corrected chi connectivity index (χ2v) is 24.3. The fourth-order valence-electron chi connectivity index (χ4n) is 11.7. The van der Waals surface area contributed by atoms with Gasteiger partial charge in [-0.2, -0.15) is 0 Å². The van der Waals surface area contributed by atoms with Crippen molar-refractivity contribution in [2.75, 3.05) is 27.4 Å².